The van der Waals surface area contributed by atoms with Gasteiger partial charge in [0, 0.05) is 20.1 Å². The number of carboxylic acids is 1. The molecule has 1 rings (SSSR count). The molecule has 0 radical (unpaired) electrons. The van der Waals surface area contributed by atoms with Crippen LogP contribution in [0.5, 0.6) is 0 Å². The lowest BCUT2D eigenvalue weighted by Gasteiger charge is -2.39. The van der Waals surface area contributed by atoms with Gasteiger partial charge in [0.15, 0.2) is 0 Å². The number of amides is 3. The van der Waals surface area contributed by atoms with Crippen LogP contribution in [0, 0.1) is 5.41 Å². The molecule has 3 N–H and O–H groups in total. The van der Waals surface area contributed by atoms with Crippen LogP contribution in [0.1, 0.15) is 33.1 Å². The summed E-state index contributed by atoms with van der Waals surface area (Å²) in [6, 6.07) is -1.03. The van der Waals surface area contributed by atoms with Gasteiger partial charge >= 0.3 is 12.0 Å². The Hall–Kier alpha value is -1.79. The summed E-state index contributed by atoms with van der Waals surface area (Å²) in [6.45, 7) is 4.11. The van der Waals surface area contributed by atoms with Gasteiger partial charge in [0.1, 0.15) is 6.04 Å². The standard InChI is InChI=1S/C13H23N3O4/c1-4-13(11(18)19)6-5-7-16(8-13)12(20)15-9(2)10(17)14-3/h9H,4-8H2,1-3H3,(H,14,17)(H,15,20)(H,18,19). The molecule has 0 spiro atoms. The number of urea groups is 1. The summed E-state index contributed by atoms with van der Waals surface area (Å²) in [4.78, 5) is 36.4. The lowest BCUT2D eigenvalue weighted by atomic mass is 9.78. The number of nitrogens with one attached hydrogen (secondary N) is 2. The van der Waals surface area contributed by atoms with E-state index in [1.165, 1.54) is 11.9 Å². The number of nitrogens with zero attached hydrogens (tertiary/aromatic N) is 1. The van der Waals surface area contributed by atoms with Crippen molar-refractivity contribution in [1.82, 2.24) is 15.5 Å². The van der Waals surface area contributed by atoms with Crippen LogP contribution in [-0.2, 0) is 9.59 Å². The molecule has 1 aliphatic heterocycles. The molecule has 0 bridgehead atoms. The van der Waals surface area contributed by atoms with Crippen molar-refractivity contribution in [3.63, 3.8) is 0 Å². The predicted molar refractivity (Wildman–Crippen MR) is 73.2 cm³/mol. The minimum Gasteiger partial charge on any atom is -0.481 e. The van der Waals surface area contributed by atoms with Crippen LogP contribution >= 0.6 is 0 Å². The summed E-state index contributed by atoms with van der Waals surface area (Å²) < 4.78 is 0. The van der Waals surface area contributed by atoms with Crippen molar-refractivity contribution >= 4 is 17.9 Å². The molecule has 7 nitrogen and oxygen atoms in total. The summed E-state index contributed by atoms with van der Waals surface area (Å²) in [5.74, 6) is -1.15. The predicted octanol–water partition coefficient (Wildman–Crippen LogP) is 0.407. The Kier molecular flexibility index (Phi) is 5.35. The number of likely N-dealkylation sites (tertiary alicyclic amines) is 1. The monoisotopic (exact) mass is 285 g/mol. The Morgan fingerprint density at radius 3 is 2.55 bits per heavy atom. The second-order valence-electron chi connectivity index (χ2n) is 5.25. The van der Waals surface area contributed by atoms with Crippen molar-refractivity contribution in [2.75, 3.05) is 20.1 Å². The molecular formula is C13H23N3O4. The van der Waals surface area contributed by atoms with Crippen LogP contribution in [-0.4, -0.2) is 54.1 Å². The van der Waals surface area contributed by atoms with E-state index in [4.69, 9.17) is 0 Å². The molecule has 3 amide bonds. The molecule has 1 saturated heterocycles. The summed E-state index contributed by atoms with van der Waals surface area (Å²) in [5.41, 5.74) is -0.869. The first-order chi connectivity index (χ1) is 9.36. The van der Waals surface area contributed by atoms with Crippen molar-refractivity contribution < 1.29 is 19.5 Å². The molecule has 0 aromatic rings. The van der Waals surface area contributed by atoms with Gasteiger partial charge in [0.25, 0.3) is 0 Å². The minimum absolute atomic E-state index is 0.186. The van der Waals surface area contributed by atoms with Gasteiger partial charge in [0.05, 0.1) is 5.41 Å². The van der Waals surface area contributed by atoms with Crippen molar-refractivity contribution in [3.05, 3.63) is 0 Å². The van der Waals surface area contributed by atoms with E-state index in [1.807, 2.05) is 6.92 Å². The first-order valence-electron chi connectivity index (χ1n) is 6.86. The maximum atomic E-state index is 12.1. The number of hydrogen-bond donors (Lipinski definition) is 3. The molecular weight excluding hydrogens is 262 g/mol. The maximum absolute atomic E-state index is 12.1. The zero-order valence-corrected chi connectivity index (χ0v) is 12.2. The van der Waals surface area contributed by atoms with E-state index in [1.54, 1.807) is 6.92 Å². The number of hydrogen-bond acceptors (Lipinski definition) is 3. The van der Waals surface area contributed by atoms with Gasteiger partial charge in [-0.3, -0.25) is 9.59 Å². The number of carboxylic acid groups (broad SMARTS) is 1. The number of carbonyl (C=O) groups excluding carboxylic acids is 2. The first kappa shape index (κ1) is 16.3. The fourth-order valence-electron chi connectivity index (χ4n) is 2.48. The summed E-state index contributed by atoms with van der Waals surface area (Å²) in [6.07, 6.45) is 1.71. The second-order valence-corrected chi connectivity index (χ2v) is 5.25. The fourth-order valence-corrected chi connectivity index (χ4v) is 2.48. The zero-order chi connectivity index (χ0) is 15.3. The van der Waals surface area contributed by atoms with Crippen LogP contribution in [0.25, 0.3) is 0 Å². The molecule has 0 aromatic carbocycles. The Morgan fingerprint density at radius 2 is 2.05 bits per heavy atom. The van der Waals surface area contributed by atoms with Crippen molar-refractivity contribution in [2.24, 2.45) is 5.41 Å². The second kappa shape index (κ2) is 6.58. The number of piperidine rings is 1. The largest absolute Gasteiger partial charge is 0.481 e. The molecule has 7 heteroatoms. The third-order valence-corrected chi connectivity index (χ3v) is 3.97. The van der Waals surface area contributed by atoms with Gasteiger partial charge in [-0.25, -0.2) is 4.79 Å². The SMILES string of the molecule is CCC1(C(=O)O)CCCN(C(=O)NC(C)C(=O)NC)C1. The lowest BCUT2D eigenvalue weighted by molar-refractivity contribution is -0.152. The van der Waals surface area contributed by atoms with Gasteiger partial charge in [-0.1, -0.05) is 6.92 Å². The third kappa shape index (κ3) is 3.40. The molecule has 2 atom stereocenters. The Labute approximate surface area is 118 Å². The van der Waals surface area contributed by atoms with Gasteiger partial charge < -0.3 is 20.6 Å². The highest BCUT2D eigenvalue weighted by Crippen LogP contribution is 2.33. The van der Waals surface area contributed by atoms with Gasteiger partial charge in [0.2, 0.25) is 5.91 Å². The van der Waals surface area contributed by atoms with Crippen LogP contribution in [0.3, 0.4) is 0 Å². The summed E-state index contributed by atoms with van der Waals surface area (Å²) in [7, 11) is 1.50. The van der Waals surface area contributed by atoms with Crippen molar-refractivity contribution in [1.29, 1.82) is 0 Å². The average Bonchev–Trinajstić information content (AvgIpc) is 2.45. The molecule has 1 heterocycles. The normalized spacial score (nSPS) is 23.9. The third-order valence-electron chi connectivity index (χ3n) is 3.97. The number of rotatable bonds is 4. The highest BCUT2D eigenvalue weighted by atomic mass is 16.4. The van der Waals surface area contributed by atoms with Gasteiger partial charge in [-0.2, -0.15) is 0 Å². The zero-order valence-electron chi connectivity index (χ0n) is 12.2. The van der Waals surface area contributed by atoms with E-state index in [2.05, 4.69) is 10.6 Å². The van der Waals surface area contributed by atoms with Crippen LogP contribution < -0.4 is 10.6 Å². The minimum atomic E-state index is -0.869. The molecule has 0 saturated carbocycles. The maximum Gasteiger partial charge on any atom is 0.318 e. The number of aliphatic carboxylic acids is 1. The molecule has 20 heavy (non-hydrogen) atoms. The number of carbonyl (C=O) groups is 3. The Morgan fingerprint density at radius 1 is 1.40 bits per heavy atom. The van der Waals surface area contributed by atoms with Crippen LogP contribution in [0.2, 0.25) is 0 Å². The van der Waals surface area contributed by atoms with Gasteiger partial charge in [-0.15, -0.1) is 0 Å². The molecule has 1 aliphatic rings. The van der Waals surface area contributed by atoms with Crippen LogP contribution in [0.15, 0.2) is 0 Å². The molecule has 1 fully saturated rings. The van der Waals surface area contributed by atoms with E-state index in [0.29, 0.717) is 25.8 Å². The molecule has 0 aliphatic carbocycles. The molecule has 2 unspecified atom stereocenters. The van der Waals surface area contributed by atoms with E-state index in [0.717, 1.165) is 0 Å². The fraction of sp³-hybridized carbons (Fsp3) is 0.769. The number of likely N-dealkylation sites (N-methyl/N-ethyl adjacent to an activating group) is 1. The average molecular weight is 285 g/mol. The van der Waals surface area contributed by atoms with E-state index in [9.17, 15) is 19.5 Å². The Bertz CT molecular complexity index is 399. The van der Waals surface area contributed by atoms with Crippen LogP contribution in [0.4, 0.5) is 4.79 Å². The summed E-state index contributed by atoms with van der Waals surface area (Å²) in [5, 5.41) is 14.4. The first-order valence-corrected chi connectivity index (χ1v) is 6.86. The smallest absolute Gasteiger partial charge is 0.318 e. The van der Waals surface area contributed by atoms with E-state index < -0.39 is 17.4 Å². The van der Waals surface area contributed by atoms with Gasteiger partial charge in [-0.05, 0) is 26.2 Å². The quantitative estimate of drug-likeness (QED) is 0.696. The Balaban J connectivity index is 2.69. The van der Waals surface area contributed by atoms with Crippen molar-refractivity contribution in [3.8, 4) is 0 Å². The van der Waals surface area contributed by atoms with Crippen molar-refractivity contribution in [2.45, 2.75) is 39.2 Å². The molecule has 114 valence electrons. The highest BCUT2D eigenvalue weighted by molar-refractivity contribution is 5.86. The highest BCUT2D eigenvalue weighted by Gasteiger charge is 2.42. The topological polar surface area (TPSA) is 98.7 Å². The van der Waals surface area contributed by atoms with E-state index >= 15 is 0 Å². The summed E-state index contributed by atoms with van der Waals surface area (Å²) >= 11 is 0. The van der Waals surface area contributed by atoms with E-state index in [-0.39, 0.29) is 18.5 Å². The lowest BCUT2D eigenvalue weighted by Crippen LogP contribution is -2.55. The molecule has 0 aromatic heterocycles.